The van der Waals surface area contributed by atoms with Gasteiger partial charge in [-0.2, -0.15) is 0 Å². The van der Waals surface area contributed by atoms with E-state index in [1.807, 2.05) is 0 Å². The van der Waals surface area contributed by atoms with E-state index in [9.17, 15) is 0 Å². The average Bonchev–Trinajstić information content (AvgIpc) is 2.16. The Morgan fingerprint density at radius 1 is 0.600 bits per heavy atom. The number of halogens is 1. The lowest BCUT2D eigenvalue weighted by atomic mass is 10.2. The van der Waals surface area contributed by atoms with E-state index in [0.717, 1.165) is 0 Å². The molecular formula is C13H30BrN. The zero-order valence-electron chi connectivity index (χ0n) is 11.2. The molecule has 0 aliphatic heterocycles. The number of nitrogens with zero attached hydrogens (tertiary/aromatic N) is 1. The van der Waals surface area contributed by atoms with Crippen LogP contribution < -0.4 is 17.0 Å². The smallest absolute Gasteiger partial charge is 0.0786 e. The molecule has 0 rings (SSSR count). The van der Waals surface area contributed by atoms with E-state index in [2.05, 4.69) is 27.7 Å². The molecule has 0 bridgehead atoms. The lowest BCUT2D eigenvalue weighted by molar-refractivity contribution is -0.928. The zero-order chi connectivity index (χ0) is 10.9. The van der Waals surface area contributed by atoms with Crippen LogP contribution >= 0.6 is 0 Å². The quantitative estimate of drug-likeness (QED) is 0.549. The molecular weight excluding hydrogens is 250 g/mol. The van der Waals surface area contributed by atoms with Crippen LogP contribution in [0.3, 0.4) is 0 Å². The summed E-state index contributed by atoms with van der Waals surface area (Å²) in [5, 5.41) is 0. The summed E-state index contributed by atoms with van der Waals surface area (Å²) in [7, 11) is 0. The highest BCUT2D eigenvalue weighted by Crippen LogP contribution is 2.13. The third-order valence-corrected chi connectivity index (χ3v) is 3.08. The van der Waals surface area contributed by atoms with Gasteiger partial charge in [-0.05, 0) is 25.7 Å². The van der Waals surface area contributed by atoms with E-state index in [0.29, 0.717) is 0 Å². The first-order chi connectivity index (χ1) is 6.74. The van der Waals surface area contributed by atoms with Crippen LogP contribution in [0.4, 0.5) is 0 Å². The lowest BCUT2D eigenvalue weighted by Gasteiger charge is -2.38. The SMILES string of the molecule is CCCC[N+](CCC)(CCC)CCC.[Br-]. The fourth-order valence-corrected chi connectivity index (χ4v) is 2.59. The van der Waals surface area contributed by atoms with Gasteiger partial charge in [0.1, 0.15) is 0 Å². The molecule has 0 amide bonds. The third kappa shape index (κ3) is 7.35. The van der Waals surface area contributed by atoms with Crippen LogP contribution in [0.5, 0.6) is 0 Å². The number of quaternary nitrogens is 1. The fraction of sp³-hybridized carbons (Fsp3) is 1.00. The van der Waals surface area contributed by atoms with Crippen molar-refractivity contribution in [3.8, 4) is 0 Å². The molecule has 0 spiro atoms. The summed E-state index contributed by atoms with van der Waals surface area (Å²) >= 11 is 0. The van der Waals surface area contributed by atoms with Gasteiger partial charge in [0.25, 0.3) is 0 Å². The van der Waals surface area contributed by atoms with Crippen molar-refractivity contribution in [2.75, 3.05) is 26.2 Å². The van der Waals surface area contributed by atoms with Crippen molar-refractivity contribution >= 4 is 0 Å². The van der Waals surface area contributed by atoms with Gasteiger partial charge in [0, 0.05) is 0 Å². The Bertz CT molecular complexity index is 109. The van der Waals surface area contributed by atoms with Crippen LogP contribution in [0, 0.1) is 0 Å². The van der Waals surface area contributed by atoms with E-state index in [1.165, 1.54) is 62.8 Å². The van der Waals surface area contributed by atoms with Gasteiger partial charge in [0.2, 0.25) is 0 Å². The monoisotopic (exact) mass is 279 g/mol. The predicted octanol–water partition coefficient (Wildman–Crippen LogP) is 0.837. The molecule has 0 aliphatic carbocycles. The highest BCUT2D eigenvalue weighted by molar-refractivity contribution is 4.45. The maximum Gasteiger partial charge on any atom is 0.0786 e. The molecule has 15 heavy (non-hydrogen) atoms. The predicted molar refractivity (Wildman–Crippen MR) is 65.5 cm³/mol. The van der Waals surface area contributed by atoms with Gasteiger partial charge >= 0.3 is 0 Å². The molecule has 0 aromatic carbocycles. The van der Waals surface area contributed by atoms with Crippen molar-refractivity contribution in [2.24, 2.45) is 0 Å². The van der Waals surface area contributed by atoms with E-state index < -0.39 is 0 Å². The minimum atomic E-state index is 0. The van der Waals surface area contributed by atoms with E-state index in [4.69, 9.17) is 0 Å². The molecule has 0 fully saturated rings. The maximum absolute atomic E-state index is 2.32. The molecule has 0 radical (unpaired) electrons. The van der Waals surface area contributed by atoms with Crippen LogP contribution in [0.25, 0.3) is 0 Å². The van der Waals surface area contributed by atoms with Gasteiger partial charge < -0.3 is 21.5 Å². The largest absolute Gasteiger partial charge is 1.00 e. The Kier molecular flexibility index (Phi) is 13.0. The van der Waals surface area contributed by atoms with Gasteiger partial charge in [0.15, 0.2) is 0 Å². The second-order valence-corrected chi connectivity index (χ2v) is 4.59. The van der Waals surface area contributed by atoms with Gasteiger partial charge in [-0.1, -0.05) is 34.1 Å². The molecule has 0 unspecified atom stereocenters. The van der Waals surface area contributed by atoms with Crippen molar-refractivity contribution in [3.63, 3.8) is 0 Å². The van der Waals surface area contributed by atoms with Crippen LogP contribution in [0.15, 0.2) is 0 Å². The van der Waals surface area contributed by atoms with E-state index >= 15 is 0 Å². The summed E-state index contributed by atoms with van der Waals surface area (Å²) < 4.78 is 1.39. The Morgan fingerprint density at radius 2 is 1.00 bits per heavy atom. The number of unbranched alkanes of at least 4 members (excludes halogenated alkanes) is 1. The average molecular weight is 280 g/mol. The third-order valence-electron chi connectivity index (χ3n) is 3.08. The Morgan fingerprint density at radius 3 is 1.27 bits per heavy atom. The minimum Gasteiger partial charge on any atom is -1.00 e. The van der Waals surface area contributed by atoms with Crippen molar-refractivity contribution < 1.29 is 21.5 Å². The van der Waals surface area contributed by atoms with Crippen molar-refractivity contribution in [1.82, 2.24) is 0 Å². The van der Waals surface area contributed by atoms with Gasteiger partial charge in [-0.15, -0.1) is 0 Å². The minimum absolute atomic E-state index is 0. The number of hydrogen-bond donors (Lipinski definition) is 0. The molecule has 1 nitrogen and oxygen atoms in total. The number of hydrogen-bond acceptors (Lipinski definition) is 0. The summed E-state index contributed by atoms with van der Waals surface area (Å²) in [5.41, 5.74) is 0. The highest BCUT2D eigenvalue weighted by Gasteiger charge is 2.23. The molecule has 2 heteroatoms. The zero-order valence-corrected chi connectivity index (χ0v) is 12.8. The highest BCUT2D eigenvalue weighted by atomic mass is 79.9. The van der Waals surface area contributed by atoms with Gasteiger partial charge in [-0.25, -0.2) is 0 Å². The van der Waals surface area contributed by atoms with Crippen LogP contribution in [-0.4, -0.2) is 30.7 Å². The topological polar surface area (TPSA) is 0 Å². The van der Waals surface area contributed by atoms with Gasteiger partial charge in [-0.3, -0.25) is 0 Å². The molecule has 0 aromatic rings. The van der Waals surface area contributed by atoms with E-state index in [-0.39, 0.29) is 17.0 Å². The Labute approximate surface area is 108 Å². The van der Waals surface area contributed by atoms with Crippen molar-refractivity contribution in [3.05, 3.63) is 0 Å². The first-order valence-electron chi connectivity index (χ1n) is 6.59. The fourth-order valence-electron chi connectivity index (χ4n) is 2.59. The Hall–Kier alpha value is 0.440. The summed E-state index contributed by atoms with van der Waals surface area (Å²) in [6, 6.07) is 0. The standard InChI is InChI=1S/C13H30N.BrH/c1-5-9-13-14(10-6-2,11-7-3)12-8-4;/h5-13H2,1-4H3;1H/q+1;/p-1. The molecule has 0 aromatic heterocycles. The van der Waals surface area contributed by atoms with E-state index in [1.54, 1.807) is 0 Å². The van der Waals surface area contributed by atoms with Crippen molar-refractivity contribution in [1.29, 1.82) is 0 Å². The maximum atomic E-state index is 2.32. The first-order valence-corrected chi connectivity index (χ1v) is 6.59. The second kappa shape index (κ2) is 10.9. The summed E-state index contributed by atoms with van der Waals surface area (Å²) in [6.07, 6.45) is 6.76. The van der Waals surface area contributed by atoms with Crippen LogP contribution in [0.1, 0.15) is 59.8 Å². The normalized spacial score (nSPS) is 11.2. The lowest BCUT2D eigenvalue weighted by Crippen LogP contribution is -3.00. The molecule has 0 saturated carbocycles. The molecule has 0 heterocycles. The van der Waals surface area contributed by atoms with Crippen molar-refractivity contribution in [2.45, 2.75) is 59.8 Å². The Balaban J connectivity index is 0. The summed E-state index contributed by atoms with van der Waals surface area (Å²) in [6.45, 7) is 14.9. The van der Waals surface area contributed by atoms with Crippen LogP contribution in [-0.2, 0) is 0 Å². The van der Waals surface area contributed by atoms with Gasteiger partial charge in [0.05, 0.1) is 26.2 Å². The number of rotatable bonds is 9. The molecule has 0 atom stereocenters. The molecule has 0 saturated heterocycles. The summed E-state index contributed by atoms with van der Waals surface area (Å²) in [5.74, 6) is 0. The molecule has 0 aliphatic rings. The van der Waals surface area contributed by atoms with Crippen LogP contribution in [0.2, 0.25) is 0 Å². The second-order valence-electron chi connectivity index (χ2n) is 4.59. The molecule has 94 valence electrons. The molecule has 0 N–H and O–H groups in total. The first kappa shape index (κ1) is 17.8. The summed E-state index contributed by atoms with van der Waals surface area (Å²) in [4.78, 5) is 0.